The van der Waals surface area contributed by atoms with Crippen molar-refractivity contribution in [2.45, 2.75) is 13.0 Å². The number of anilines is 1. The van der Waals surface area contributed by atoms with Crippen LogP contribution in [0.3, 0.4) is 0 Å². The number of aromatic nitrogens is 2. The molecular formula is C10H11ClN4O. The molecule has 1 fully saturated rings. The Kier molecular flexibility index (Phi) is 3.22. The topological polar surface area (TPSA) is 62.0 Å². The van der Waals surface area contributed by atoms with Crippen LogP contribution in [0.2, 0.25) is 5.15 Å². The van der Waals surface area contributed by atoms with Gasteiger partial charge in [0.15, 0.2) is 6.10 Å². The molecule has 1 atom stereocenters. The summed E-state index contributed by atoms with van der Waals surface area (Å²) >= 11 is 5.93. The second-order valence-corrected chi connectivity index (χ2v) is 3.91. The van der Waals surface area contributed by atoms with Crippen LogP contribution in [0, 0.1) is 18.3 Å². The summed E-state index contributed by atoms with van der Waals surface area (Å²) in [5, 5.41) is 9.27. The molecule has 0 spiro atoms. The predicted molar refractivity (Wildman–Crippen MR) is 59.3 cm³/mol. The molecule has 1 aromatic rings. The summed E-state index contributed by atoms with van der Waals surface area (Å²) in [5.74, 6) is 0.781. The fourth-order valence-electron chi connectivity index (χ4n) is 1.66. The first-order valence-corrected chi connectivity index (χ1v) is 5.33. The molecule has 5 nitrogen and oxygen atoms in total. The molecule has 1 aliphatic rings. The highest BCUT2D eigenvalue weighted by Crippen LogP contribution is 2.23. The Hall–Kier alpha value is -1.38. The number of ether oxygens (including phenoxy) is 1. The number of morpholine rings is 1. The number of nitriles is 1. The number of nitrogens with zero attached hydrogens (tertiary/aromatic N) is 4. The van der Waals surface area contributed by atoms with Gasteiger partial charge >= 0.3 is 0 Å². The Bertz CT molecular complexity index is 431. The van der Waals surface area contributed by atoms with Gasteiger partial charge in [0.1, 0.15) is 17.3 Å². The Morgan fingerprint density at radius 3 is 3.19 bits per heavy atom. The second-order valence-electron chi connectivity index (χ2n) is 3.55. The van der Waals surface area contributed by atoms with Crippen LogP contribution in [0.4, 0.5) is 5.82 Å². The third-order valence-corrected chi connectivity index (χ3v) is 2.89. The van der Waals surface area contributed by atoms with E-state index >= 15 is 0 Å². The molecule has 1 aliphatic heterocycles. The van der Waals surface area contributed by atoms with Crippen molar-refractivity contribution in [2.75, 3.05) is 24.6 Å². The van der Waals surface area contributed by atoms with Crippen LogP contribution < -0.4 is 4.90 Å². The summed E-state index contributed by atoms with van der Waals surface area (Å²) in [6.45, 7) is 3.63. The molecule has 0 bridgehead atoms. The van der Waals surface area contributed by atoms with E-state index in [0.29, 0.717) is 24.8 Å². The van der Waals surface area contributed by atoms with Crippen molar-refractivity contribution in [3.63, 3.8) is 0 Å². The van der Waals surface area contributed by atoms with E-state index in [-0.39, 0.29) is 0 Å². The van der Waals surface area contributed by atoms with E-state index in [0.717, 1.165) is 11.4 Å². The maximum atomic E-state index is 8.82. The minimum absolute atomic E-state index is 0.401. The van der Waals surface area contributed by atoms with E-state index < -0.39 is 6.10 Å². The van der Waals surface area contributed by atoms with Crippen LogP contribution in [-0.4, -0.2) is 35.8 Å². The average Bonchev–Trinajstić information content (AvgIpc) is 2.33. The van der Waals surface area contributed by atoms with Crippen molar-refractivity contribution in [1.29, 1.82) is 5.26 Å². The van der Waals surface area contributed by atoms with Crippen molar-refractivity contribution in [3.8, 4) is 6.07 Å². The maximum absolute atomic E-state index is 8.82. The lowest BCUT2D eigenvalue weighted by Gasteiger charge is -2.31. The summed E-state index contributed by atoms with van der Waals surface area (Å²) in [7, 11) is 0. The molecule has 1 aromatic heterocycles. The zero-order valence-corrected chi connectivity index (χ0v) is 9.61. The van der Waals surface area contributed by atoms with Gasteiger partial charge in [-0.25, -0.2) is 9.97 Å². The zero-order valence-electron chi connectivity index (χ0n) is 8.85. The summed E-state index contributed by atoms with van der Waals surface area (Å²) in [6, 6.07) is 2.10. The van der Waals surface area contributed by atoms with Crippen LogP contribution in [0.5, 0.6) is 0 Å². The van der Waals surface area contributed by atoms with Gasteiger partial charge < -0.3 is 9.64 Å². The van der Waals surface area contributed by atoms with Gasteiger partial charge in [-0.05, 0) is 6.92 Å². The first kappa shape index (κ1) is 11.1. The van der Waals surface area contributed by atoms with E-state index in [2.05, 4.69) is 16.0 Å². The van der Waals surface area contributed by atoms with Crippen LogP contribution in [0.15, 0.2) is 6.33 Å². The Morgan fingerprint density at radius 2 is 2.44 bits per heavy atom. The van der Waals surface area contributed by atoms with Gasteiger partial charge in [-0.3, -0.25) is 0 Å². The Balaban J connectivity index is 2.24. The molecule has 0 radical (unpaired) electrons. The second kappa shape index (κ2) is 4.64. The zero-order chi connectivity index (χ0) is 11.5. The first-order valence-electron chi connectivity index (χ1n) is 4.95. The van der Waals surface area contributed by atoms with Crippen molar-refractivity contribution >= 4 is 17.4 Å². The number of hydrogen-bond donors (Lipinski definition) is 0. The van der Waals surface area contributed by atoms with Gasteiger partial charge in [-0.15, -0.1) is 0 Å². The quantitative estimate of drug-likeness (QED) is 0.688. The third kappa shape index (κ3) is 2.08. The minimum Gasteiger partial charge on any atom is -0.360 e. The molecule has 6 heteroatoms. The first-order chi connectivity index (χ1) is 7.72. The van der Waals surface area contributed by atoms with Gasteiger partial charge in [0.25, 0.3) is 0 Å². The van der Waals surface area contributed by atoms with E-state index in [9.17, 15) is 0 Å². The third-order valence-electron chi connectivity index (χ3n) is 2.51. The predicted octanol–water partition coefficient (Wildman–Crippen LogP) is 1.17. The van der Waals surface area contributed by atoms with E-state index in [1.165, 1.54) is 6.33 Å². The summed E-state index contributed by atoms with van der Waals surface area (Å²) in [4.78, 5) is 10.1. The summed E-state index contributed by atoms with van der Waals surface area (Å²) in [5.41, 5.74) is 0.836. The summed E-state index contributed by atoms with van der Waals surface area (Å²) in [6.07, 6.45) is 1.03. The highest BCUT2D eigenvalue weighted by atomic mass is 35.5. The molecule has 0 amide bonds. The monoisotopic (exact) mass is 238 g/mol. The normalized spacial score (nSPS) is 20.6. The van der Waals surface area contributed by atoms with Crippen LogP contribution in [-0.2, 0) is 4.74 Å². The fourth-order valence-corrected chi connectivity index (χ4v) is 1.79. The van der Waals surface area contributed by atoms with Gasteiger partial charge in [0, 0.05) is 12.1 Å². The van der Waals surface area contributed by atoms with Crippen molar-refractivity contribution in [2.24, 2.45) is 0 Å². The molecule has 1 unspecified atom stereocenters. The molecule has 16 heavy (non-hydrogen) atoms. The lowest BCUT2D eigenvalue weighted by Crippen LogP contribution is -2.42. The van der Waals surface area contributed by atoms with E-state index in [1.54, 1.807) is 0 Å². The standard InChI is InChI=1S/C10H11ClN4O/c1-7-9(11)13-6-14-10(7)15-2-3-16-8(4-12)5-15/h6,8H,2-3,5H2,1H3. The highest BCUT2D eigenvalue weighted by Gasteiger charge is 2.22. The van der Waals surface area contributed by atoms with Crippen molar-refractivity contribution in [3.05, 3.63) is 17.0 Å². The van der Waals surface area contributed by atoms with Crippen LogP contribution in [0.25, 0.3) is 0 Å². The SMILES string of the molecule is Cc1c(Cl)ncnc1N1CCOC(C#N)C1. The molecule has 84 valence electrons. The molecule has 0 aromatic carbocycles. The van der Waals surface area contributed by atoms with E-state index in [4.69, 9.17) is 21.6 Å². The smallest absolute Gasteiger partial charge is 0.161 e. The van der Waals surface area contributed by atoms with Crippen molar-refractivity contribution < 1.29 is 4.74 Å². The molecule has 0 aliphatic carbocycles. The number of halogens is 1. The molecule has 2 rings (SSSR count). The van der Waals surface area contributed by atoms with Crippen molar-refractivity contribution in [1.82, 2.24) is 9.97 Å². The average molecular weight is 239 g/mol. The van der Waals surface area contributed by atoms with Crippen LogP contribution >= 0.6 is 11.6 Å². The van der Waals surface area contributed by atoms with Crippen LogP contribution in [0.1, 0.15) is 5.56 Å². The molecule has 2 heterocycles. The highest BCUT2D eigenvalue weighted by molar-refractivity contribution is 6.30. The largest absolute Gasteiger partial charge is 0.360 e. The lowest BCUT2D eigenvalue weighted by molar-refractivity contribution is 0.0761. The molecule has 0 N–H and O–H groups in total. The van der Waals surface area contributed by atoms with E-state index in [1.807, 2.05) is 11.8 Å². The van der Waals surface area contributed by atoms with Gasteiger partial charge in [-0.1, -0.05) is 11.6 Å². The van der Waals surface area contributed by atoms with Gasteiger partial charge in [-0.2, -0.15) is 5.26 Å². The molecule has 0 saturated carbocycles. The summed E-state index contributed by atoms with van der Waals surface area (Å²) < 4.78 is 5.27. The number of hydrogen-bond acceptors (Lipinski definition) is 5. The molecular weight excluding hydrogens is 228 g/mol. The minimum atomic E-state index is -0.401. The fraction of sp³-hybridized carbons (Fsp3) is 0.500. The Morgan fingerprint density at radius 1 is 1.62 bits per heavy atom. The maximum Gasteiger partial charge on any atom is 0.161 e. The molecule has 1 saturated heterocycles. The number of rotatable bonds is 1. The Labute approximate surface area is 98.6 Å². The lowest BCUT2D eigenvalue weighted by atomic mass is 10.2. The van der Waals surface area contributed by atoms with Gasteiger partial charge in [0.05, 0.1) is 19.2 Å². The van der Waals surface area contributed by atoms with Gasteiger partial charge in [0.2, 0.25) is 0 Å².